The standard InChI is InChI=1S/C11H19F3N2O2/c1-8(15-2)10(17)18-9-3-5-16(6-4-9)7-11(12,13)14/h8-9,15H,3-7H2,1-2H3/t8-/m0/s1. The van der Waals surface area contributed by atoms with E-state index in [4.69, 9.17) is 4.74 Å². The molecule has 18 heavy (non-hydrogen) atoms. The summed E-state index contributed by atoms with van der Waals surface area (Å²) in [5.41, 5.74) is 0. The molecule has 0 amide bonds. The van der Waals surface area contributed by atoms with Crippen LogP contribution < -0.4 is 5.32 Å². The highest BCUT2D eigenvalue weighted by Gasteiger charge is 2.33. The van der Waals surface area contributed by atoms with Crippen molar-refractivity contribution in [3.8, 4) is 0 Å². The van der Waals surface area contributed by atoms with Crippen LogP contribution in [0.3, 0.4) is 0 Å². The van der Waals surface area contributed by atoms with Crippen molar-refractivity contribution >= 4 is 5.97 Å². The van der Waals surface area contributed by atoms with Crippen LogP contribution in [0.1, 0.15) is 19.8 Å². The Labute approximate surface area is 104 Å². The van der Waals surface area contributed by atoms with E-state index in [1.54, 1.807) is 14.0 Å². The fourth-order valence-corrected chi connectivity index (χ4v) is 1.82. The maximum Gasteiger partial charge on any atom is 0.401 e. The molecule has 0 bridgehead atoms. The molecule has 1 saturated heterocycles. The van der Waals surface area contributed by atoms with Crippen molar-refractivity contribution < 1.29 is 22.7 Å². The largest absolute Gasteiger partial charge is 0.461 e. The number of alkyl halides is 3. The molecule has 4 nitrogen and oxygen atoms in total. The number of rotatable bonds is 4. The molecule has 1 rings (SSSR count). The molecule has 0 aromatic rings. The Morgan fingerprint density at radius 1 is 1.44 bits per heavy atom. The minimum Gasteiger partial charge on any atom is -0.461 e. The highest BCUT2D eigenvalue weighted by molar-refractivity contribution is 5.75. The van der Waals surface area contributed by atoms with Crippen LogP contribution in [0.5, 0.6) is 0 Å². The number of esters is 1. The molecular formula is C11H19F3N2O2. The number of hydrogen-bond donors (Lipinski definition) is 1. The van der Waals surface area contributed by atoms with E-state index in [2.05, 4.69) is 5.32 Å². The summed E-state index contributed by atoms with van der Waals surface area (Å²) < 4.78 is 41.7. The van der Waals surface area contributed by atoms with Crippen LogP contribution in [0, 0.1) is 0 Å². The Morgan fingerprint density at radius 2 is 2.00 bits per heavy atom. The zero-order chi connectivity index (χ0) is 13.8. The van der Waals surface area contributed by atoms with Crippen LogP contribution in [0.15, 0.2) is 0 Å². The summed E-state index contributed by atoms with van der Waals surface area (Å²) >= 11 is 0. The Morgan fingerprint density at radius 3 is 2.44 bits per heavy atom. The van der Waals surface area contributed by atoms with Gasteiger partial charge in [-0.15, -0.1) is 0 Å². The lowest BCUT2D eigenvalue weighted by Gasteiger charge is -2.32. The number of nitrogens with one attached hydrogen (secondary N) is 1. The first-order valence-corrected chi connectivity index (χ1v) is 5.98. The predicted molar refractivity (Wildman–Crippen MR) is 60.1 cm³/mol. The van der Waals surface area contributed by atoms with E-state index in [1.807, 2.05) is 0 Å². The highest BCUT2D eigenvalue weighted by atomic mass is 19.4. The minimum atomic E-state index is -4.16. The molecule has 1 heterocycles. The molecule has 0 saturated carbocycles. The first kappa shape index (κ1) is 15.2. The molecule has 0 unspecified atom stereocenters. The van der Waals surface area contributed by atoms with E-state index in [1.165, 1.54) is 4.90 Å². The lowest BCUT2D eigenvalue weighted by molar-refractivity contribution is -0.161. The maximum absolute atomic E-state index is 12.2. The predicted octanol–water partition coefficient (Wildman–Crippen LogP) is 1.16. The zero-order valence-corrected chi connectivity index (χ0v) is 10.6. The molecule has 0 radical (unpaired) electrons. The molecule has 1 fully saturated rings. The number of likely N-dealkylation sites (N-methyl/N-ethyl adjacent to an activating group) is 1. The number of hydrogen-bond acceptors (Lipinski definition) is 4. The second-order valence-corrected chi connectivity index (χ2v) is 4.54. The SMILES string of the molecule is CN[C@@H](C)C(=O)OC1CCN(CC(F)(F)F)CC1. The summed E-state index contributed by atoms with van der Waals surface area (Å²) in [6.07, 6.45) is -3.52. The van der Waals surface area contributed by atoms with Gasteiger partial charge in [-0.25, -0.2) is 0 Å². The van der Waals surface area contributed by atoms with Crippen molar-refractivity contribution in [3.63, 3.8) is 0 Å². The fraction of sp³-hybridized carbons (Fsp3) is 0.909. The van der Waals surface area contributed by atoms with Gasteiger partial charge in [0, 0.05) is 13.1 Å². The lowest BCUT2D eigenvalue weighted by Crippen LogP contribution is -2.44. The van der Waals surface area contributed by atoms with E-state index in [-0.39, 0.29) is 12.1 Å². The maximum atomic E-state index is 12.2. The molecule has 0 aliphatic carbocycles. The molecule has 1 aliphatic heterocycles. The lowest BCUT2D eigenvalue weighted by atomic mass is 10.1. The van der Waals surface area contributed by atoms with Gasteiger partial charge in [-0.2, -0.15) is 13.2 Å². The number of piperidine rings is 1. The summed E-state index contributed by atoms with van der Waals surface area (Å²) in [7, 11) is 1.65. The Bertz CT molecular complexity index is 276. The molecule has 0 spiro atoms. The van der Waals surface area contributed by atoms with Crippen LogP contribution >= 0.6 is 0 Å². The molecule has 106 valence electrons. The molecule has 1 atom stereocenters. The van der Waals surface area contributed by atoms with Gasteiger partial charge >= 0.3 is 12.1 Å². The van der Waals surface area contributed by atoms with E-state index in [0.717, 1.165) is 0 Å². The van der Waals surface area contributed by atoms with Gasteiger partial charge in [0.1, 0.15) is 12.1 Å². The smallest absolute Gasteiger partial charge is 0.401 e. The average molecular weight is 268 g/mol. The minimum absolute atomic E-state index is 0.266. The number of ether oxygens (including phenoxy) is 1. The van der Waals surface area contributed by atoms with Crippen molar-refractivity contribution in [2.75, 3.05) is 26.7 Å². The number of halogens is 3. The first-order chi connectivity index (χ1) is 8.31. The molecule has 0 aromatic carbocycles. The number of carbonyl (C=O) groups is 1. The highest BCUT2D eigenvalue weighted by Crippen LogP contribution is 2.21. The van der Waals surface area contributed by atoms with Crippen molar-refractivity contribution in [1.29, 1.82) is 0 Å². The molecule has 0 aromatic heterocycles. The Kier molecular flexibility index (Phi) is 5.40. The number of nitrogens with zero attached hydrogens (tertiary/aromatic N) is 1. The fourth-order valence-electron chi connectivity index (χ4n) is 1.82. The Balaban J connectivity index is 2.29. The van der Waals surface area contributed by atoms with Crippen molar-refractivity contribution in [1.82, 2.24) is 10.2 Å². The van der Waals surface area contributed by atoms with E-state index < -0.39 is 18.8 Å². The van der Waals surface area contributed by atoms with E-state index in [9.17, 15) is 18.0 Å². The second-order valence-electron chi connectivity index (χ2n) is 4.54. The third kappa shape index (κ3) is 5.22. The molecule has 7 heteroatoms. The van der Waals surface area contributed by atoms with Crippen molar-refractivity contribution in [3.05, 3.63) is 0 Å². The monoisotopic (exact) mass is 268 g/mol. The van der Waals surface area contributed by atoms with Gasteiger partial charge in [0.25, 0.3) is 0 Å². The van der Waals surface area contributed by atoms with E-state index in [0.29, 0.717) is 25.9 Å². The van der Waals surface area contributed by atoms with Crippen molar-refractivity contribution in [2.24, 2.45) is 0 Å². The third-order valence-corrected chi connectivity index (χ3v) is 3.01. The Hall–Kier alpha value is -0.820. The van der Waals surface area contributed by atoms with Gasteiger partial charge in [0.2, 0.25) is 0 Å². The summed E-state index contributed by atoms with van der Waals surface area (Å²) in [6.45, 7) is 1.42. The van der Waals surface area contributed by atoms with Gasteiger partial charge in [-0.1, -0.05) is 0 Å². The van der Waals surface area contributed by atoms with Gasteiger partial charge in [0.05, 0.1) is 6.54 Å². The van der Waals surface area contributed by atoms with Gasteiger partial charge in [-0.3, -0.25) is 9.69 Å². The number of likely N-dealkylation sites (tertiary alicyclic amines) is 1. The molecular weight excluding hydrogens is 249 g/mol. The van der Waals surface area contributed by atoms with Crippen LogP contribution in [0.2, 0.25) is 0 Å². The number of carbonyl (C=O) groups excluding carboxylic acids is 1. The summed E-state index contributed by atoms with van der Waals surface area (Å²) in [6, 6.07) is -0.391. The molecule has 1 N–H and O–H groups in total. The second kappa shape index (κ2) is 6.38. The van der Waals surface area contributed by atoms with Crippen LogP contribution in [-0.2, 0) is 9.53 Å². The average Bonchev–Trinajstić information content (AvgIpc) is 2.28. The van der Waals surface area contributed by atoms with Crippen LogP contribution in [-0.4, -0.2) is 55.9 Å². The molecule has 1 aliphatic rings. The topological polar surface area (TPSA) is 41.6 Å². The third-order valence-electron chi connectivity index (χ3n) is 3.01. The van der Waals surface area contributed by atoms with E-state index >= 15 is 0 Å². The van der Waals surface area contributed by atoms with Gasteiger partial charge in [-0.05, 0) is 26.8 Å². The van der Waals surface area contributed by atoms with Crippen LogP contribution in [0.25, 0.3) is 0 Å². The van der Waals surface area contributed by atoms with Crippen LogP contribution in [0.4, 0.5) is 13.2 Å². The van der Waals surface area contributed by atoms with Gasteiger partial charge in [0.15, 0.2) is 0 Å². The summed E-state index contributed by atoms with van der Waals surface area (Å²) in [5, 5.41) is 2.76. The normalized spacial score (nSPS) is 20.7. The summed E-state index contributed by atoms with van der Waals surface area (Å²) in [5.74, 6) is -0.355. The van der Waals surface area contributed by atoms with Crippen molar-refractivity contribution in [2.45, 2.75) is 38.1 Å². The summed E-state index contributed by atoms with van der Waals surface area (Å²) in [4.78, 5) is 12.8. The van der Waals surface area contributed by atoms with Gasteiger partial charge < -0.3 is 10.1 Å². The quantitative estimate of drug-likeness (QED) is 0.777. The first-order valence-electron chi connectivity index (χ1n) is 5.98. The zero-order valence-electron chi connectivity index (χ0n) is 10.6.